The maximum atomic E-state index is 12.6. The van der Waals surface area contributed by atoms with Gasteiger partial charge in [0.1, 0.15) is 5.69 Å². The Morgan fingerprint density at radius 3 is 2.80 bits per heavy atom. The summed E-state index contributed by atoms with van der Waals surface area (Å²) in [7, 11) is 2.19. The molecule has 1 fully saturated rings. The Morgan fingerprint density at radius 1 is 1.09 bits per heavy atom. The smallest absolute Gasteiger partial charge is 0.326 e. The second kappa shape index (κ2) is 9.04. The van der Waals surface area contributed by atoms with Crippen molar-refractivity contribution >= 4 is 27.8 Å². The number of likely N-dealkylation sites (N-methyl/N-ethyl adjacent to an activating group) is 1. The average molecular weight is 472 g/mol. The van der Waals surface area contributed by atoms with Gasteiger partial charge in [0.15, 0.2) is 0 Å². The Bertz CT molecular complexity index is 1400. The minimum absolute atomic E-state index is 0.00122. The van der Waals surface area contributed by atoms with Crippen LogP contribution in [0.5, 0.6) is 0 Å². The van der Waals surface area contributed by atoms with Gasteiger partial charge in [-0.3, -0.25) is 9.36 Å². The number of hydrogen-bond acceptors (Lipinski definition) is 3. The number of imidazole rings is 1. The molecular formula is C28H33N5O2. The number of nitrogens with one attached hydrogen (secondary N) is 3. The van der Waals surface area contributed by atoms with Crippen molar-refractivity contribution in [2.24, 2.45) is 11.8 Å². The standard InChI is InChI=1S/C28H33N5O2/c1-32(22-14-21-6-4-8-24-26(21)33(17-22)28(35)31-24)12-11-18-9-10-19(13-18)16-29-27(34)25-15-20-5-2-3-7-23(20)30-25/h2-8,15,18-19,22,30H,9-14,16-17H2,1H3,(H,29,34)(H,31,35)/t18-,19-,22+/m0/s1. The molecule has 3 atom stereocenters. The number of rotatable bonds is 7. The fourth-order valence-electron chi connectivity index (χ4n) is 6.18. The van der Waals surface area contributed by atoms with E-state index in [1.165, 1.54) is 31.2 Å². The lowest BCUT2D eigenvalue weighted by atomic mass is 9.98. The predicted octanol–water partition coefficient (Wildman–Crippen LogP) is 3.90. The Hall–Kier alpha value is -3.32. The van der Waals surface area contributed by atoms with E-state index in [4.69, 9.17) is 0 Å². The minimum atomic E-state index is -0.0175. The highest BCUT2D eigenvalue weighted by atomic mass is 16.2. The Balaban J connectivity index is 0.985. The van der Waals surface area contributed by atoms with E-state index in [1.54, 1.807) is 0 Å². The highest BCUT2D eigenvalue weighted by molar-refractivity contribution is 5.97. The molecule has 0 saturated heterocycles. The molecule has 3 heterocycles. The quantitative estimate of drug-likeness (QED) is 0.382. The summed E-state index contributed by atoms with van der Waals surface area (Å²) in [6, 6.07) is 16.4. The number of benzene rings is 2. The monoisotopic (exact) mass is 471 g/mol. The molecule has 6 rings (SSSR count). The first kappa shape index (κ1) is 22.2. The van der Waals surface area contributed by atoms with E-state index < -0.39 is 0 Å². The molecule has 0 bridgehead atoms. The number of fused-ring (bicyclic) bond motifs is 1. The molecule has 2 aromatic heterocycles. The highest BCUT2D eigenvalue weighted by Crippen LogP contribution is 2.33. The van der Waals surface area contributed by atoms with Crippen LogP contribution in [0.2, 0.25) is 0 Å². The zero-order chi connectivity index (χ0) is 23.9. The van der Waals surface area contributed by atoms with Crippen molar-refractivity contribution in [1.82, 2.24) is 24.8 Å². The lowest BCUT2D eigenvalue weighted by Gasteiger charge is -2.32. The fraction of sp³-hybridized carbons (Fsp3) is 0.429. The second-order valence-electron chi connectivity index (χ2n) is 10.5. The summed E-state index contributed by atoms with van der Waals surface area (Å²) >= 11 is 0. The number of para-hydroxylation sites is 2. The number of amides is 1. The second-order valence-corrected chi connectivity index (χ2v) is 10.5. The van der Waals surface area contributed by atoms with Crippen LogP contribution in [0.4, 0.5) is 0 Å². The zero-order valence-electron chi connectivity index (χ0n) is 20.2. The van der Waals surface area contributed by atoms with Crippen LogP contribution < -0.4 is 11.0 Å². The van der Waals surface area contributed by atoms with E-state index in [1.807, 2.05) is 47.0 Å². The molecule has 7 nitrogen and oxygen atoms in total. The average Bonchev–Trinajstić information content (AvgIpc) is 3.59. The first-order chi connectivity index (χ1) is 17.0. The van der Waals surface area contributed by atoms with E-state index in [-0.39, 0.29) is 11.6 Å². The summed E-state index contributed by atoms with van der Waals surface area (Å²) in [6.45, 7) is 2.53. The number of hydrogen-bond donors (Lipinski definition) is 3. The summed E-state index contributed by atoms with van der Waals surface area (Å²) in [4.78, 5) is 33.7. The van der Waals surface area contributed by atoms with Gasteiger partial charge in [0.25, 0.3) is 5.91 Å². The Morgan fingerprint density at radius 2 is 1.91 bits per heavy atom. The lowest BCUT2D eigenvalue weighted by Crippen LogP contribution is -2.42. The fourth-order valence-corrected chi connectivity index (χ4v) is 6.18. The van der Waals surface area contributed by atoms with Crippen LogP contribution in [0, 0.1) is 11.8 Å². The molecule has 1 aliphatic heterocycles. The molecule has 0 unspecified atom stereocenters. The lowest BCUT2D eigenvalue weighted by molar-refractivity contribution is 0.0942. The number of aromatic nitrogens is 3. The van der Waals surface area contributed by atoms with Crippen molar-refractivity contribution < 1.29 is 4.79 Å². The molecular weight excluding hydrogens is 438 g/mol. The van der Waals surface area contributed by atoms with Crippen LogP contribution >= 0.6 is 0 Å². The molecule has 182 valence electrons. The molecule has 0 radical (unpaired) electrons. The van der Waals surface area contributed by atoms with Gasteiger partial charge in [0, 0.05) is 30.0 Å². The van der Waals surface area contributed by atoms with Crippen molar-refractivity contribution in [3.8, 4) is 0 Å². The summed E-state index contributed by atoms with van der Waals surface area (Å²) in [6.07, 6.45) is 5.73. The Labute approximate surface area is 204 Å². The van der Waals surface area contributed by atoms with Crippen molar-refractivity contribution in [1.29, 1.82) is 0 Å². The molecule has 1 amide bonds. The summed E-state index contributed by atoms with van der Waals surface area (Å²) in [5, 5.41) is 4.21. The number of carbonyl (C=O) groups excluding carboxylic acids is 1. The van der Waals surface area contributed by atoms with E-state index in [2.05, 4.69) is 33.3 Å². The third kappa shape index (κ3) is 4.29. The van der Waals surface area contributed by atoms with Gasteiger partial charge in [-0.1, -0.05) is 36.8 Å². The highest BCUT2D eigenvalue weighted by Gasteiger charge is 2.28. The van der Waals surface area contributed by atoms with Gasteiger partial charge in [0.05, 0.1) is 11.0 Å². The summed E-state index contributed by atoms with van der Waals surface area (Å²) < 4.78 is 1.91. The van der Waals surface area contributed by atoms with Gasteiger partial charge < -0.3 is 20.2 Å². The van der Waals surface area contributed by atoms with Gasteiger partial charge in [-0.2, -0.15) is 0 Å². The van der Waals surface area contributed by atoms with E-state index in [0.717, 1.165) is 48.0 Å². The topological polar surface area (TPSA) is 85.9 Å². The number of carbonyl (C=O) groups is 1. The number of aromatic amines is 2. The normalized spacial score (nSPS) is 21.8. The minimum Gasteiger partial charge on any atom is -0.351 e. The molecule has 4 aromatic rings. The SMILES string of the molecule is CN(CC[C@@H]1CC[C@H](CNC(=O)c2cc3ccccc3[nH]2)C1)[C@@H]1Cc2cccc3[nH]c(=O)n(c23)C1. The van der Waals surface area contributed by atoms with Crippen LogP contribution in [0.15, 0.2) is 53.3 Å². The first-order valence-electron chi connectivity index (χ1n) is 12.8. The molecule has 3 N–H and O–H groups in total. The molecule has 2 aliphatic rings. The number of nitrogens with zero attached hydrogens (tertiary/aromatic N) is 2. The Kier molecular flexibility index (Phi) is 5.72. The van der Waals surface area contributed by atoms with E-state index in [9.17, 15) is 9.59 Å². The van der Waals surface area contributed by atoms with Crippen molar-refractivity contribution in [3.63, 3.8) is 0 Å². The van der Waals surface area contributed by atoms with Gasteiger partial charge in [-0.15, -0.1) is 0 Å². The van der Waals surface area contributed by atoms with Crippen molar-refractivity contribution in [2.45, 2.75) is 44.7 Å². The van der Waals surface area contributed by atoms with Crippen molar-refractivity contribution in [3.05, 3.63) is 70.3 Å². The predicted molar refractivity (Wildman–Crippen MR) is 139 cm³/mol. The third-order valence-electron chi connectivity index (χ3n) is 8.21. The maximum Gasteiger partial charge on any atom is 0.326 e. The van der Waals surface area contributed by atoms with Crippen LogP contribution in [0.25, 0.3) is 21.9 Å². The van der Waals surface area contributed by atoms with Gasteiger partial charge in [-0.05, 0) is 74.9 Å². The molecule has 1 saturated carbocycles. The van der Waals surface area contributed by atoms with Crippen LogP contribution in [-0.4, -0.2) is 51.5 Å². The number of H-pyrrole nitrogens is 2. The van der Waals surface area contributed by atoms with Crippen molar-refractivity contribution in [2.75, 3.05) is 20.1 Å². The van der Waals surface area contributed by atoms with E-state index >= 15 is 0 Å². The third-order valence-corrected chi connectivity index (χ3v) is 8.21. The van der Waals surface area contributed by atoms with Crippen LogP contribution in [-0.2, 0) is 13.0 Å². The largest absolute Gasteiger partial charge is 0.351 e. The first-order valence-corrected chi connectivity index (χ1v) is 12.8. The molecule has 35 heavy (non-hydrogen) atoms. The van der Waals surface area contributed by atoms with Gasteiger partial charge in [-0.25, -0.2) is 4.79 Å². The van der Waals surface area contributed by atoms with Gasteiger partial charge >= 0.3 is 5.69 Å². The zero-order valence-corrected chi connectivity index (χ0v) is 20.2. The molecule has 2 aromatic carbocycles. The summed E-state index contributed by atoms with van der Waals surface area (Å²) in [5.74, 6) is 1.23. The van der Waals surface area contributed by atoms with Crippen LogP contribution in [0.1, 0.15) is 41.7 Å². The van der Waals surface area contributed by atoms with Gasteiger partial charge in [0.2, 0.25) is 0 Å². The molecule has 7 heteroatoms. The molecule has 1 aliphatic carbocycles. The maximum absolute atomic E-state index is 12.6. The molecule has 0 spiro atoms. The summed E-state index contributed by atoms with van der Waals surface area (Å²) in [5.41, 5.74) is 4.91. The van der Waals surface area contributed by atoms with Crippen LogP contribution in [0.3, 0.4) is 0 Å². The van der Waals surface area contributed by atoms with E-state index in [0.29, 0.717) is 23.6 Å².